The number of nitrogens with zero attached hydrogens (tertiary/aromatic N) is 2. The second kappa shape index (κ2) is 12.4. The largest absolute Gasteiger partial charge is 0.357 e. The lowest BCUT2D eigenvalue weighted by Gasteiger charge is -2.17. The van der Waals surface area contributed by atoms with Crippen molar-refractivity contribution in [2.24, 2.45) is 4.99 Å². The van der Waals surface area contributed by atoms with Crippen LogP contribution in [-0.2, 0) is 4.79 Å². The normalized spacial score (nSPS) is 19.6. The van der Waals surface area contributed by atoms with Gasteiger partial charge in [-0.2, -0.15) is 11.8 Å². The molecule has 1 saturated carbocycles. The minimum atomic E-state index is -0.0685. The molecule has 0 aliphatic heterocycles. The number of hydrogen-bond donors (Lipinski definition) is 3. The Bertz CT molecular complexity index is 599. The second-order valence-corrected chi connectivity index (χ2v) is 7.37. The van der Waals surface area contributed by atoms with Gasteiger partial charge in [0.2, 0.25) is 5.91 Å². The number of halogens is 1. The van der Waals surface area contributed by atoms with Crippen LogP contribution in [0.1, 0.15) is 38.3 Å². The van der Waals surface area contributed by atoms with E-state index < -0.39 is 0 Å². The molecule has 1 aromatic rings. The van der Waals surface area contributed by atoms with Gasteiger partial charge in [0.1, 0.15) is 5.82 Å². The molecule has 8 heteroatoms. The Hall–Kier alpha value is -1.03. The molecule has 1 amide bonds. The summed E-state index contributed by atoms with van der Waals surface area (Å²) in [5.41, 5.74) is 0.884. The number of nitrogens with one attached hydrogen (secondary N) is 3. The van der Waals surface area contributed by atoms with Gasteiger partial charge < -0.3 is 16.0 Å². The van der Waals surface area contributed by atoms with Crippen molar-refractivity contribution in [3.05, 3.63) is 23.9 Å². The van der Waals surface area contributed by atoms with Gasteiger partial charge in [-0.25, -0.2) is 4.98 Å². The lowest BCUT2D eigenvalue weighted by Crippen LogP contribution is -2.42. The highest BCUT2D eigenvalue weighted by Crippen LogP contribution is 2.27. The van der Waals surface area contributed by atoms with Crippen molar-refractivity contribution in [2.45, 2.75) is 50.8 Å². The zero-order chi connectivity index (χ0) is 18.1. The fourth-order valence-corrected chi connectivity index (χ4v) is 3.68. The van der Waals surface area contributed by atoms with E-state index in [0.29, 0.717) is 24.8 Å². The minimum Gasteiger partial charge on any atom is -0.357 e. The summed E-state index contributed by atoms with van der Waals surface area (Å²) in [6.45, 7) is 5.21. The van der Waals surface area contributed by atoms with E-state index in [-0.39, 0.29) is 29.9 Å². The number of anilines is 1. The summed E-state index contributed by atoms with van der Waals surface area (Å²) in [4.78, 5) is 20.8. The lowest BCUT2D eigenvalue weighted by molar-refractivity contribution is -0.116. The molecule has 1 fully saturated rings. The molecule has 0 spiro atoms. The Morgan fingerprint density at radius 3 is 2.85 bits per heavy atom. The van der Waals surface area contributed by atoms with E-state index in [2.05, 4.69) is 32.2 Å². The molecule has 0 saturated heterocycles. The Labute approximate surface area is 177 Å². The van der Waals surface area contributed by atoms with Crippen molar-refractivity contribution >= 4 is 53.4 Å². The van der Waals surface area contributed by atoms with Crippen LogP contribution in [0.25, 0.3) is 0 Å². The molecule has 1 aliphatic rings. The van der Waals surface area contributed by atoms with Gasteiger partial charge in [-0.15, -0.1) is 24.0 Å². The fourth-order valence-electron chi connectivity index (χ4n) is 2.89. The Balaban J connectivity index is 0.00000338. The third kappa shape index (κ3) is 8.11. The Kier molecular flexibility index (Phi) is 11.0. The first-order valence-electron chi connectivity index (χ1n) is 8.92. The van der Waals surface area contributed by atoms with Crippen LogP contribution in [-0.4, -0.2) is 47.5 Å². The zero-order valence-electron chi connectivity index (χ0n) is 15.7. The average molecular weight is 491 g/mol. The maximum Gasteiger partial charge on any atom is 0.227 e. The van der Waals surface area contributed by atoms with Crippen molar-refractivity contribution in [3.8, 4) is 0 Å². The lowest BCUT2D eigenvalue weighted by atomic mass is 10.2. The molecule has 0 bridgehead atoms. The van der Waals surface area contributed by atoms with Gasteiger partial charge in [-0.05, 0) is 51.5 Å². The van der Waals surface area contributed by atoms with Crippen LogP contribution in [0.2, 0.25) is 0 Å². The van der Waals surface area contributed by atoms with Gasteiger partial charge in [0, 0.05) is 30.0 Å². The standard InChI is InChI=1S/C18H29N5OS.HI/c1-4-19-18(22-14-8-9-15(12-14)25-3)20-11-10-17(24)23-16-7-5-6-13(2)21-16;/h5-7,14-15H,4,8-12H2,1-3H3,(H2,19,20,22)(H,21,23,24);1H. The van der Waals surface area contributed by atoms with Crippen LogP contribution in [0, 0.1) is 6.92 Å². The molecule has 1 heterocycles. The van der Waals surface area contributed by atoms with E-state index in [1.165, 1.54) is 19.3 Å². The number of aromatic nitrogens is 1. The van der Waals surface area contributed by atoms with E-state index in [1.807, 2.05) is 37.7 Å². The first kappa shape index (κ1) is 23.0. The van der Waals surface area contributed by atoms with Crippen LogP contribution >= 0.6 is 35.7 Å². The molecule has 2 atom stereocenters. The molecule has 2 unspecified atom stereocenters. The number of amides is 1. The molecule has 0 aromatic carbocycles. The number of aryl methyl sites for hydroxylation is 1. The summed E-state index contributed by atoms with van der Waals surface area (Å²) in [6, 6.07) is 6.05. The van der Waals surface area contributed by atoms with E-state index in [1.54, 1.807) is 6.07 Å². The quantitative estimate of drug-likeness (QED) is 0.310. The van der Waals surface area contributed by atoms with Crippen LogP contribution in [0.4, 0.5) is 5.82 Å². The maximum absolute atomic E-state index is 12.0. The number of carbonyl (C=O) groups excluding carboxylic acids is 1. The zero-order valence-corrected chi connectivity index (χ0v) is 18.9. The van der Waals surface area contributed by atoms with Crippen molar-refractivity contribution < 1.29 is 4.79 Å². The second-order valence-electron chi connectivity index (χ2n) is 6.24. The summed E-state index contributed by atoms with van der Waals surface area (Å²) < 4.78 is 0. The molecule has 0 radical (unpaired) electrons. The van der Waals surface area contributed by atoms with Gasteiger partial charge >= 0.3 is 0 Å². The van der Waals surface area contributed by atoms with Crippen molar-refractivity contribution in [2.75, 3.05) is 24.7 Å². The van der Waals surface area contributed by atoms with Crippen molar-refractivity contribution in [1.82, 2.24) is 15.6 Å². The molecule has 6 nitrogen and oxygen atoms in total. The van der Waals surface area contributed by atoms with Crippen LogP contribution in [0.3, 0.4) is 0 Å². The third-order valence-corrected chi connectivity index (χ3v) is 5.26. The molecular formula is C18H30IN5OS. The summed E-state index contributed by atoms with van der Waals surface area (Å²) in [6.07, 6.45) is 6.11. The third-order valence-electron chi connectivity index (χ3n) is 4.17. The number of carbonyl (C=O) groups is 1. The number of guanidine groups is 1. The van der Waals surface area contributed by atoms with Gasteiger partial charge in [0.05, 0.1) is 6.54 Å². The molecule has 1 aromatic heterocycles. The highest BCUT2D eigenvalue weighted by molar-refractivity contribution is 14.0. The van der Waals surface area contributed by atoms with Crippen LogP contribution < -0.4 is 16.0 Å². The highest BCUT2D eigenvalue weighted by atomic mass is 127. The summed E-state index contributed by atoms with van der Waals surface area (Å²) in [7, 11) is 0. The van der Waals surface area contributed by atoms with Crippen LogP contribution in [0.5, 0.6) is 0 Å². The van der Waals surface area contributed by atoms with Gasteiger partial charge in [0.15, 0.2) is 5.96 Å². The van der Waals surface area contributed by atoms with E-state index in [0.717, 1.165) is 23.4 Å². The van der Waals surface area contributed by atoms with E-state index in [4.69, 9.17) is 0 Å². The Morgan fingerprint density at radius 1 is 1.38 bits per heavy atom. The average Bonchev–Trinajstić information content (AvgIpc) is 3.02. The molecule has 3 N–H and O–H groups in total. The number of hydrogen-bond acceptors (Lipinski definition) is 4. The van der Waals surface area contributed by atoms with E-state index >= 15 is 0 Å². The molecular weight excluding hydrogens is 461 g/mol. The van der Waals surface area contributed by atoms with Gasteiger partial charge in [-0.1, -0.05) is 6.07 Å². The molecule has 26 heavy (non-hydrogen) atoms. The Morgan fingerprint density at radius 2 is 2.19 bits per heavy atom. The topological polar surface area (TPSA) is 78.4 Å². The smallest absolute Gasteiger partial charge is 0.227 e. The maximum atomic E-state index is 12.0. The monoisotopic (exact) mass is 491 g/mol. The SMILES string of the molecule is CCNC(=NCCC(=O)Nc1cccc(C)n1)NC1CCC(SC)C1.I. The van der Waals surface area contributed by atoms with E-state index in [9.17, 15) is 4.79 Å². The number of rotatable bonds is 7. The number of aliphatic imine (C=N–C) groups is 1. The van der Waals surface area contributed by atoms with Crippen molar-refractivity contribution in [3.63, 3.8) is 0 Å². The molecule has 2 rings (SSSR count). The fraction of sp³-hybridized carbons (Fsp3) is 0.611. The molecule has 1 aliphatic carbocycles. The van der Waals surface area contributed by atoms with Crippen molar-refractivity contribution in [1.29, 1.82) is 0 Å². The highest BCUT2D eigenvalue weighted by Gasteiger charge is 2.24. The predicted molar refractivity (Wildman–Crippen MR) is 122 cm³/mol. The number of pyridine rings is 1. The predicted octanol–water partition coefficient (Wildman–Crippen LogP) is 3.18. The summed E-state index contributed by atoms with van der Waals surface area (Å²) in [5, 5.41) is 10.3. The van der Waals surface area contributed by atoms with Gasteiger partial charge in [0.25, 0.3) is 0 Å². The first-order valence-corrected chi connectivity index (χ1v) is 10.2. The summed E-state index contributed by atoms with van der Waals surface area (Å²) >= 11 is 1.94. The summed E-state index contributed by atoms with van der Waals surface area (Å²) in [5.74, 6) is 1.32. The minimum absolute atomic E-state index is 0. The first-order chi connectivity index (χ1) is 12.1. The van der Waals surface area contributed by atoms with Crippen LogP contribution in [0.15, 0.2) is 23.2 Å². The molecule has 146 valence electrons. The number of thioether (sulfide) groups is 1. The van der Waals surface area contributed by atoms with Gasteiger partial charge in [-0.3, -0.25) is 9.79 Å².